The van der Waals surface area contributed by atoms with Gasteiger partial charge >= 0.3 is 6.61 Å². The summed E-state index contributed by atoms with van der Waals surface area (Å²) in [6, 6.07) is 8.43. The SMILES string of the molecule is CCOc1cc(C(CS(C)(=O)=O)N2Cc3cccc(C4(C(N)=O)CC4)c3C2=O)ccc1OC(F)F. The van der Waals surface area contributed by atoms with Crippen LogP contribution in [0.1, 0.15) is 52.9 Å². The Kier molecular flexibility index (Phi) is 6.48. The maximum Gasteiger partial charge on any atom is 0.387 e. The molecule has 0 radical (unpaired) electrons. The molecular weight excluding hydrogens is 482 g/mol. The van der Waals surface area contributed by atoms with Crippen LogP contribution in [0, 0.1) is 0 Å². The molecule has 188 valence electrons. The summed E-state index contributed by atoms with van der Waals surface area (Å²) in [6.07, 6.45) is 2.15. The molecule has 1 heterocycles. The van der Waals surface area contributed by atoms with Crippen LogP contribution in [0.25, 0.3) is 0 Å². The molecule has 8 nitrogen and oxygen atoms in total. The van der Waals surface area contributed by atoms with Gasteiger partial charge in [0.2, 0.25) is 5.91 Å². The van der Waals surface area contributed by atoms with Crippen molar-refractivity contribution < 1.29 is 36.3 Å². The highest BCUT2D eigenvalue weighted by Gasteiger charge is 2.53. The molecule has 11 heteroatoms. The van der Waals surface area contributed by atoms with Crippen molar-refractivity contribution in [2.45, 2.75) is 44.4 Å². The zero-order valence-corrected chi connectivity index (χ0v) is 20.1. The third-order valence-electron chi connectivity index (χ3n) is 6.41. The zero-order valence-electron chi connectivity index (χ0n) is 19.3. The van der Waals surface area contributed by atoms with E-state index < -0.39 is 45.5 Å². The standard InChI is InChI=1S/C24H26F2N2O6S/c1-3-33-19-11-14(7-8-18(19)34-23(25)26)17(13-35(2,31)32)28-12-15-5-4-6-16(20(15)21(28)29)24(9-10-24)22(27)30/h4-8,11,17,23H,3,9-10,12-13H2,1-2H3,(H2,27,30). The molecule has 1 aliphatic heterocycles. The fourth-order valence-corrected chi connectivity index (χ4v) is 5.60. The summed E-state index contributed by atoms with van der Waals surface area (Å²) < 4.78 is 60.3. The van der Waals surface area contributed by atoms with Gasteiger partial charge in [0.25, 0.3) is 5.91 Å². The van der Waals surface area contributed by atoms with Crippen LogP contribution < -0.4 is 15.2 Å². The molecule has 0 spiro atoms. The first-order chi connectivity index (χ1) is 16.5. The third kappa shape index (κ3) is 4.82. The van der Waals surface area contributed by atoms with Crippen LogP contribution in [0.4, 0.5) is 8.78 Å². The summed E-state index contributed by atoms with van der Waals surface area (Å²) in [5.41, 5.74) is 6.74. The summed E-state index contributed by atoms with van der Waals surface area (Å²) >= 11 is 0. The van der Waals surface area contributed by atoms with Gasteiger partial charge in [0.05, 0.1) is 23.8 Å². The van der Waals surface area contributed by atoms with E-state index in [-0.39, 0.29) is 24.7 Å². The third-order valence-corrected chi connectivity index (χ3v) is 7.33. The summed E-state index contributed by atoms with van der Waals surface area (Å²) in [4.78, 5) is 27.2. The average Bonchev–Trinajstić information content (AvgIpc) is 3.52. The number of carbonyl (C=O) groups is 2. The molecule has 0 bridgehead atoms. The first-order valence-corrected chi connectivity index (χ1v) is 13.2. The van der Waals surface area contributed by atoms with Gasteiger partial charge in [0.15, 0.2) is 11.5 Å². The number of benzene rings is 2. The van der Waals surface area contributed by atoms with Gasteiger partial charge in [-0.1, -0.05) is 24.3 Å². The van der Waals surface area contributed by atoms with Gasteiger partial charge in [-0.15, -0.1) is 0 Å². The Morgan fingerprint density at radius 3 is 2.49 bits per heavy atom. The van der Waals surface area contributed by atoms with Crippen LogP contribution in [0.2, 0.25) is 0 Å². The predicted molar refractivity (Wildman–Crippen MR) is 123 cm³/mol. The van der Waals surface area contributed by atoms with Gasteiger partial charge in [-0.2, -0.15) is 8.78 Å². The second kappa shape index (κ2) is 9.10. The number of nitrogens with zero attached hydrogens (tertiary/aromatic N) is 1. The van der Waals surface area contributed by atoms with Crippen LogP contribution in [-0.4, -0.2) is 50.4 Å². The van der Waals surface area contributed by atoms with Crippen molar-refractivity contribution in [3.63, 3.8) is 0 Å². The van der Waals surface area contributed by atoms with E-state index in [9.17, 15) is 26.8 Å². The van der Waals surface area contributed by atoms with Crippen molar-refractivity contribution in [2.75, 3.05) is 18.6 Å². The molecule has 0 saturated heterocycles. The van der Waals surface area contributed by atoms with Gasteiger partial charge < -0.3 is 20.1 Å². The van der Waals surface area contributed by atoms with Crippen molar-refractivity contribution in [3.8, 4) is 11.5 Å². The van der Waals surface area contributed by atoms with E-state index in [1.54, 1.807) is 25.1 Å². The summed E-state index contributed by atoms with van der Waals surface area (Å²) in [5.74, 6) is -1.49. The fraction of sp³-hybridized carbons (Fsp3) is 0.417. The number of rotatable bonds is 10. The quantitative estimate of drug-likeness (QED) is 0.528. The Labute approximate surface area is 201 Å². The second-order valence-corrected chi connectivity index (χ2v) is 11.0. The number of sulfone groups is 1. The molecular formula is C24H26F2N2O6S. The van der Waals surface area contributed by atoms with Crippen LogP contribution in [0.3, 0.4) is 0 Å². The van der Waals surface area contributed by atoms with Crippen molar-refractivity contribution in [1.29, 1.82) is 0 Å². The van der Waals surface area contributed by atoms with Gasteiger partial charge in [-0.05, 0) is 48.6 Å². The Morgan fingerprint density at radius 2 is 1.91 bits per heavy atom. The van der Waals surface area contributed by atoms with Crippen molar-refractivity contribution in [3.05, 3.63) is 58.7 Å². The van der Waals surface area contributed by atoms with E-state index in [0.717, 1.165) is 6.26 Å². The van der Waals surface area contributed by atoms with E-state index >= 15 is 0 Å². The normalized spacial score (nSPS) is 17.3. The minimum absolute atomic E-state index is 0.0133. The molecule has 35 heavy (non-hydrogen) atoms. The number of alkyl halides is 2. The molecule has 1 fully saturated rings. The Balaban J connectivity index is 1.76. The number of nitrogens with two attached hydrogens (primary N) is 1. The first-order valence-electron chi connectivity index (χ1n) is 11.1. The number of fused-ring (bicyclic) bond motifs is 1. The lowest BCUT2D eigenvalue weighted by atomic mass is 9.89. The van der Waals surface area contributed by atoms with Crippen molar-refractivity contribution >= 4 is 21.7 Å². The molecule has 2 aliphatic rings. The summed E-state index contributed by atoms with van der Waals surface area (Å²) in [6.45, 7) is -1.12. The van der Waals surface area contributed by atoms with Gasteiger partial charge in [0.1, 0.15) is 9.84 Å². The van der Waals surface area contributed by atoms with Gasteiger partial charge in [-0.25, -0.2) is 8.42 Å². The van der Waals surface area contributed by atoms with Crippen molar-refractivity contribution in [1.82, 2.24) is 4.90 Å². The first kappa shape index (κ1) is 24.9. The van der Waals surface area contributed by atoms with E-state index in [4.69, 9.17) is 10.5 Å². The monoisotopic (exact) mass is 508 g/mol. The van der Waals surface area contributed by atoms with E-state index in [2.05, 4.69) is 4.74 Å². The number of ether oxygens (including phenoxy) is 2. The lowest BCUT2D eigenvalue weighted by Gasteiger charge is -2.28. The summed E-state index contributed by atoms with van der Waals surface area (Å²) in [5, 5.41) is 0. The van der Waals surface area contributed by atoms with Gasteiger partial charge in [-0.3, -0.25) is 9.59 Å². The Bertz CT molecular complexity index is 1280. The number of hydrogen-bond donors (Lipinski definition) is 1. The minimum atomic E-state index is -3.57. The minimum Gasteiger partial charge on any atom is -0.490 e. The van der Waals surface area contributed by atoms with E-state index in [1.807, 2.05) is 0 Å². The smallest absolute Gasteiger partial charge is 0.387 e. The lowest BCUT2D eigenvalue weighted by molar-refractivity contribution is -0.120. The van der Waals surface area contributed by atoms with E-state index in [0.29, 0.717) is 35.1 Å². The van der Waals surface area contributed by atoms with Crippen molar-refractivity contribution in [2.24, 2.45) is 5.73 Å². The average molecular weight is 509 g/mol. The number of halogens is 2. The largest absolute Gasteiger partial charge is 0.490 e. The molecule has 2 aromatic rings. The Hall–Kier alpha value is -3.21. The molecule has 2 amide bonds. The molecule has 1 saturated carbocycles. The Morgan fingerprint density at radius 1 is 1.20 bits per heavy atom. The molecule has 2 N–H and O–H groups in total. The van der Waals surface area contributed by atoms with Crippen LogP contribution in [0.5, 0.6) is 11.5 Å². The van der Waals surface area contributed by atoms with Crippen LogP contribution in [0.15, 0.2) is 36.4 Å². The molecule has 0 aromatic heterocycles. The number of hydrogen-bond acceptors (Lipinski definition) is 6. The van der Waals surface area contributed by atoms with E-state index in [1.165, 1.54) is 23.1 Å². The topological polar surface area (TPSA) is 116 Å². The maximum atomic E-state index is 13.7. The molecule has 1 unspecified atom stereocenters. The van der Waals surface area contributed by atoms with Crippen LogP contribution in [-0.2, 0) is 26.6 Å². The van der Waals surface area contributed by atoms with Crippen LogP contribution >= 0.6 is 0 Å². The molecule has 4 rings (SSSR count). The highest BCUT2D eigenvalue weighted by atomic mass is 32.2. The highest BCUT2D eigenvalue weighted by molar-refractivity contribution is 7.90. The highest BCUT2D eigenvalue weighted by Crippen LogP contribution is 2.51. The molecule has 1 atom stereocenters. The molecule has 1 aliphatic carbocycles. The number of carbonyl (C=O) groups excluding carboxylic acids is 2. The lowest BCUT2D eigenvalue weighted by Crippen LogP contribution is -2.35. The fourth-order valence-electron chi connectivity index (χ4n) is 4.65. The zero-order chi connectivity index (χ0) is 25.5. The number of primary amides is 1. The maximum absolute atomic E-state index is 13.7. The second-order valence-electron chi connectivity index (χ2n) is 8.85. The predicted octanol–water partition coefficient (Wildman–Crippen LogP) is 2.95. The number of amides is 2. The molecule has 2 aromatic carbocycles. The summed E-state index contributed by atoms with van der Waals surface area (Å²) in [7, 11) is -3.57. The van der Waals surface area contributed by atoms with Gasteiger partial charge in [0, 0.05) is 18.4 Å².